The number of nitrogens with two attached hydrogens (primary N) is 1. The van der Waals surface area contributed by atoms with Gasteiger partial charge < -0.3 is 15.8 Å². The van der Waals surface area contributed by atoms with Crippen LogP contribution in [-0.4, -0.2) is 36.9 Å². The van der Waals surface area contributed by atoms with Gasteiger partial charge in [-0.1, -0.05) is 0 Å². The largest absolute Gasteiger partial charge is 0.381 e. The van der Waals surface area contributed by atoms with Crippen LogP contribution in [0.4, 0.5) is 0 Å². The van der Waals surface area contributed by atoms with E-state index < -0.39 is 11.9 Å². The van der Waals surface area contributed by atoms with Crippen molar-refractivity contribution in [1.82, 2.24) is 5.32 Å². The van der Waals surface area contributed by atoms with Gasteiger partial charge in [0, 0.05) is 19.4 Å². The summed E-state index contributed by atoms with van der Waals surface area (Å²) in [5.74, 6) is -0.988. The standard InChI is InChI=1S/C13H20N2O4/c14-12(17)11(8-2-1-3-10(16)6-8)15-13(18)9-4-5-19-7-9/h8-9,11H,1-7H2,(H2,14,17)(H,15,18)/t8-,9-,11-/m0/s1. The van der Waals surface area contributed by atoms with Crippen LogP contribution in [-0.2, 0) is 19.1 Å². The molecule has 3 N–H and O–H groups in total. The predicted molar refractivity (Wildman–Crippen MR) is 67.0 cm³/mol. The van der Waals surface area contributed by atoms with Crippen molar-refractivity contribution in [1.29, 1.82) is 0 Å². The molecule has 106 valence electrons. The van der Waals surface area contributed by atoms with E-state index in [4.69, 9.17) is 10.5 Å². The van der Waals surface area contributed by atoms with Gasteiger partial charge in [0.1, 0.15) is 11.8 Å². The highest BCUT2D eigenvalue weighted by atomic mass is 16.5. The van der Waals surface area contributed by atoms with E-state index in [-0.39, 0.29) is 23.5 Å². The molecular formula is C13H20N2O4. The second kappa shape index (κ2) is 6.14. The molecule has 1 heterocycles. The number of carbonyl (C=O) groups excluding carboxylic acids is 3. The lowest BCUT2D eigenvalue weighted by atomic mass is 9.82. The molecule has 3 atom stereocenters. The van der Waals surface area contributed by atoms with Gasteiger partial charge in [-0.25, -0.2) is 0 Å². The van der Waals surface area contributed by atoms with E-state index in [1.807, 2.05) is 0 Å². The molecule has 2 fully saturated rings. The first-order valence-corrected chi connectivity index (χ1v) is 6.77. The molecule has 2 amide bonds. The zero-order valence-electron chi connectivity index (χ0n) is 10.9. The Hall–Kier alpha value is -1.43. The third kappa shape index (κ3) is 3.53. The molecule has 6 heteroatoms. The Kier molecular flexibility index (Phi) is 4.52. The number of amides is 2. The smallest absolute Gasteiger partial charge is 0.240 e. The van der Waals surface area contributed by atoms with Crippen LogP contribution in [0.25, 0.3) is 0 Å². The molecule has 1 saturated carbocycles. The third-order valence-electron chi connectivity index (χ3n) is 3.90. The number of carbonyl (C=O) groups is 3. The maximum atomic E-state index is 12.0. The van der Waals surface area contributed by atoms with Crippen molar-refractivity contribution < 1.29 is 19.1 Å². The number of Topliss-reactive ketones (excluding diaryl/α,β-unsaturated/α-hetero) is 1. The molecular weight excluding hydrogens is 248 g/mol. The third-order valence-corrected chi connectivity index (χ3v) is 3.90. The molecule has 0 radical (unpaired) electrons. The number of primary amides is 1. The van der Waals surface area contributed by atoms with Gasteiger partial charge >= 0.3 is 0 Å². The van der Waals surface area contributed by atoms with Crippen molar-refractivity contribution >= 4 is 17.6 Å². The summed E-state index contributed by atoms with van der Waals surface area (Å²) in [5.41, 5.74) is 5.36. The molecule has 1 aliphatic carbocycles. The number of ketones is 1. The van der Waals surface area contributed by atoms with Crippen LogP contribution in [0.3, 0.4) is 0 Å². The van der Waals surface area contributed by atoms with Crippen LogP contribution < -0.4 is 11.1 Å². The number of nitrogens with one attached hydrogen (secondary N) is 1. The highest BCUT2D eigenvalue weighted by Gasteiger charge is 2.34. The summed E-state index contributed by atoms with van der Waals surface area (Å²) in [6.07, 6.45) is 3.07. The van der Waals surface area contributed by atoms with Crippen molar-refractivity contribution in [3.8, 4) is 0 Å². The monoisotopic (exact) mass is 268 g/mol. The van der Waals surface area contributed by atoms with Crippen LogP contribution in [0, 0.1) is 11.8 Å². The average Bonchev–Trinajstić information content (AvgIpc) is 2.89. The van der Waals surface area contributed by atoms with E-state index in [2.05, 4.69) is 5.32 Å². The van der Waals surface area contributed by atoms with Gasteiger partial charge in [0.2, 0.25) is 11.8 Å². The van der Waals surface area contributed by atoms with Crippen molar-refractivity contribution in [2.45, 2.75) is 38.1 Å². The Bertz CT molecular complexity index is 377. The topological polar surface area (TPSA) is 98.5 Å². The summed E-state index contributed by atoms with van der Waals surface area (Å²) < 4.78 is 5.15. The van der Waals surface area contributed by atoms with Crippen molar-refractivity contribution in [2.75, 3.05) is 13.2 Å². The van der Waals surface area contributed by atoms with Gasteiger partial charge in [-0.3, -0.25) is 14.4 Å². The van der Waals surface area contributed by atoms with E-state index in [1.54, 1.807) is 0 Å². The molecule has 1 saturated heterocycles. The summed E-state index contributed by atoms with van der Waals surface area (Å²) in [7, 11) is 0. The van der Waals surface area contributed by atoms with Crippen LogP contribution in [0.1, 0.15) is 32.1 Å². The van der Waals surface area contributed by atoms with Gasteiger partial charge in [0.15, 0.2) is 0 Å². The van der Waals surface area contributed by atoms with E-state index in [1.165, 1.54) is 0 Å². The first kappa shape index (κ1) is 14.0. The van der Waals surface area contributed by atoms with E-state index in [9.17, 15) is 14.4 Å². The van der Waals surface area contributed by atoms with Crippen molar-refractivity contribution in [3.05, 3.63) is 0 Å². The number of hydrogen-bond donors (Lipinski definition) is 2. The Balaban J connectivity index is 1.97. The zero-order valence-corrected chi connectivity index (χ0v) is 10.9. The first-order valence-electron chi connectivity index (χ1n) is 6.77. The van der Waals surface area contributed by atoms with Crippen LogP contribution in [0.2, 0.25) is 0 Å². The summed E-state index contributed by atoms with van der Waals surface area (Å²) in [6, 6.07) is -0.739. The van der Waals surface area contributed by atoms with E-state index >= 15 is 0 Å². The zero-order chi connectivity index (χ0) is 13.8. The Morgan fingerprint density at radius 1 is 1.37 bits per heavy atom. The Morgan fingerprint density at radius 3 is 2.74 bits per heavy atom. The maximum absolute atomic E-state index is 12.0. The minimum Gasteiger partial charge on any atom is -0.381 e. The van der Waals surface area contributed by atoms with E-state index in [0.29, 0.717) is 32.5 Å². The lowest BCUT2D eigenvalue weighted by Gasteiger charge is -2.28. The number of hydrogen-bond acceptors (Lipinski definition) is 4. The highest BCUT2D eigenvalue weighted by Crippen LogP contribution is 2.25. The van der Waals surface area contributed by atoms with Crippen molar-refractivity contribution in [3.63, 3.8) is 0 Å². The van der Waals surface area contributed by atoms with Crippen LogP contribution in [0.5, 0.6) is 0 Å². The molecule has 0 spiro atoms. The molecule has 0 bridgehead atoms. The molecule has 0 aromatic carbocycles. The van der Waals surface area contributed by atoms with Crippen LogP contribution >= 0.6 is 0 Å². The lowest BCUT2D eigenvalue weighted by Crippen LogP contribution is -2.51. The lowest BCUT2D eigenvalue weighted by molar-refractivity contribution is -0.132. The molecule has 19 heavy (non-hydrogen) atoms. The Labute approximate surface area is 112 Å². The van der Waals surface area contributed by atoms with Gasteiger partial charge in [0.05, 0.1) is 12.5 Å². The highest BCUT2D eigenvalue weighted by molar-refractivity contribution is 5.89. The van der Waals surface area contributed by atoms with Gasteiger partial charge in [-0.2, -0.15) is 0 Å². The number of ether oxygens (including phenoxy) is 1. The minimum atomic E-state index is -0.739. The molecule has 0 aromatic heterocycles. The second-order valence-electron chi connectivity index (χ2n) is 5.34. The normalized spacial score (nSPS) is 28.9. The fourth-order valence-electron chi connectivity index (χ4n) is 2.78. The summed E-state index contributed by atoms with van der Waals surface area (Å²) in [5, 5.41) is 2.70. The predicted octanol–water partition coefficient (Wildman–Crippen LogP) is -0.248. The quantitative estimate of drug-likeness (QED) is 0.734. The molecule has 1 aliphatic heterocycles. The average molecular weight is 268 g/mol. The SMILES string of the molecule is NC(=O)[C@@H](NC(=O)[C@H]1CCOC1)[C@H]1CCCC(=O)C1. The number of rotatable bonds is 4. The fraction of sp³-hybridized carbons (Fsp3) is 0.769. The van der Waals surface area contributed by atoms with Gasteiger partial charge in [-0.15, -0.1) is 0 Å². The second-order valence-corrected chi connectivity index (χ2v) is 5.34. The van der Waals surface area contributed by atoms with E-state index in [0.717, 1.165) is 12.8 Å². The molecule has 2 rings (SSSR count). The molecule has 0 aromatic rings. The van der Waals surface area contributed by atoms with Gasteiger partial charge in [-0.05, 0) is 25.2 Å². The van der Waals surface area contributed by atoms with Crippen molar-refractivity contribution in [2.24, 2.45) is 17.6 Å². The molecule has 2 aliphatic rings. The summed E-state index contributed by atoms with van der Waals surface area (Å²) in [6.45, 7) is 0.960. The maximum Gasteiger partial charge on any atom is 0.240 e. The summed E-state index contributed by atoms with van der Waals surface area (Å²) >= 11 is 0. The Morgan fingerprint density at radius 2 is 2.16 bits per heavy atom. The summed E-state index contributed by atoms with van der Waals surface area (Å²) in [4.78, 5) is 35.0. The fourth-order valence-corrected chi connectivity index (χ4v) is 2.78. The van der Waals surface area contributed by atoms with Gasteiger partial charge in [0.25, 0.3) is 0 Å². The minimum absolute atomic E-state index is 0.140. The molecule has 6 nitrogen and oxygen atoms in total. The molecule has 0 unspecified atom stereocenters. The van der Waals surface area contributed by atoms with Crippen LogP contribution in [0.15, 0.2) is 0 Å². The first-order chi connectivity index (χ1) is 9.08.